The van der Waals surface area contributed by atoms with Crippen LogP contribution in [0.4, 0.5) is 0 Å². The largest absolute Gasteiger partial charge is 0.494 e. The van der Waals surface area contributed by atoms with Gasteiger partial charge in [-0.3, -0.25) is 4.79 Å². The highest BCUT2D eigenvalue weighted by Crippen LogP contribution is 2.24. The topological polar surface area (TPSA) is 35.5 Å². The zero-order valence-electron chi connectivity index (χ0n) is 16.4. The molecule has 0 atom stereocenters. The molecule has 140 valence electrons. The number of esters is 1. The second-order valence-corrected chi connectivity index (χ2v) is 7.59. The monoisotopic (exact) mass is 354 g/mol. The lowest BCUT2D eigenvalue weighted by atomic mass is 9.87. The Morgan fingerprint density at radius 2 is 1.54 bits per heavy atom. The van der Waals surface area contributed by atoms with Crippen molar-refractivity contribution in [3.8, 4) is 11.5 Å². The summed E-state index contributed by atoms with van der Waals surface area (Å²) >= 11 is 0. The van der Waals surface area contributed by atoms with E-state index in [0.717, 1.165) is 18.6 Å². The molecule has 0 radical (unpaired) electrons. The van der Waals surface area contributed by atoms with Gasteiger partial charge in [0, 0.05) is 6.42 Å². The van der Waals surface area contributed by atoms with Gasteiger partial charge in [0.15, 0.2) is 0 Å². The summed E-state index contributed by atoms with van der Waals surface area (Å²) < 4.78 is 11.1. The number of benzene rings is 2. The molecule has 2 rings (SSSR count). The first-order valence-electron chi connectivity index (χ1n) is 9.41. The Kier molecular flexibility index (Phi) is 7.26. The lowest BCUT2D eigenvalue weighted by Crippen LogP contribution is -2.11. The molecule has 0 unspecified atom stereocenters. The number of rotatable bonds is 8. The molecule has 0 aliphatic carbocycles. The fourth-order valence-electron chi connectivity index (χ4n) is 2.65. The van der Waals surface area contributed by atoms with E-state index >= 15 is 0 Å². The number of hydrogen-bond donors (Lipinski definition) is 0. The maximum atomic E-state index is 11.9. The van der Waals surface area contributed by atoms with Gasteiger partial charge in [-0.05, 0) is 53.6 Å². The minimum absolute atomic E-state index is 0.136. The standard InChI is InChI=1S/C23H30O3/c1-5-7-18-9-13-21(14-10-18)26-22(24)8-6-17-25-20-15-11-19(12-16-20)23(2,3)4/h9-16H,5-8,17H2,1-4H3. The van der Waals surface area contributed by atoms with Crippen LogP contribution in [0, 0.1) is 0 Å². The molecule has 3 heteroatoms. The molecule has 0 fully saturated rings. The Balaban J connectivity index is 1.69. The van der Waals surface area contributed by atoms with Crippen LogP contribution in [0.25, 0.3) is 0 Å². The van der Waals surface area contributed by atoms with Crippen LogP contribution >= 0.6 is 0 Å². The van der Waals surface area contributed by atoms with Crippen molar-refractivity contribution >= 4 is 5.97 Å². The van der Waals surface area contributed by atoms with Crippen molar-refractivity contribution in [3.05, 3.63) is 59.7 Å². The lowest BCUT2D eigenvalue weighted by Gasteiger charge is -2.19. The van der Waals surface area contributed by atoms with Crippen LogP contribution in [0.1, 0.15) is 58.1 Å². The highest BCUT2D eigenvalue weighted by Gasteiger charge is 2.13. The van der Waals surface area contributed by atoms with Gasteiger partial charge in [-0.25, -0.2) is 0 Å². The number of carbonyl (C=O) groups is 1. The first-order chi connectivity index (χ1) is 12.4. The predicted molar refractivity (Wildman–Crippen MR) is 106 cm³/mol. The average molecular weight is 354 g/mol. The highest BCUT2D eigenvalue weighted by molar-refractivity contribution is 5.72. The highest BCUT2D eigenvalue weighted by atomic mass is 16.5. The molecular weight excluding hydrogens is 324 g/mol. The SMILES string of the molecule is CCCc1ccc(OC(=O)CCCOc2ccc(C(C)(C)C)cc2)cc1. The van der Waals surface area contributed by atoms with Crippen molar-refractivity contribution in [1.82, 2.24) is 0 Å². The smallest absolute Gasteiger partial charge is 0.311 e. The number of hydrogen-bond acceptors (Lipinski definition) is 3. The zero-order chi connectivity index (χ0) is 19.0. The van der Waals surface area contributed by atoms with Gasteiger partial charge in [0.05, 0.1) is 6.61 Å². The van der Waals surface area contributed by atoms with Crippen LogP contribution in [0.3, 0.4) is 0 Å². The number of ether oxygens (including phenoxy) is 2. The molecular formula is C23H30O3. The first-order valence-corrected chi connectivity index (χ1v) is 9.41. The Bertz CT molecular complexity index is 679. The molecule has 26 heavy (non-hydrogen) atoms. The van der Waals surface area contributed by atoms with E-state index in [4.69, 9.17) is 9.47 Å². The minimum Gasteiger partial charge on any atom is -0.494 e. The van der Waals surface area contributed by atoms with Crippen molar-refractivity contribution in [1.29, 1.82) is 0 Å². The summed E-state index contributed by atoms with van der Waals surface area (Å²) in [6.45, 7) is 9.21. The molecule has 0 saturated carbocycles. The van der Waals surface area contributed by atoms with Crippen LogP contribution in [-0.2, 0) is 16.6 Å². The predicted octanol–water partition coefficient (Wildman–Crippen LogP) is 5.70. The zero-order valence-corrected chi connectivity index (χ0v) is 16.4. The van der Waals surface area contributed by atoms with Crippen LogP contribution < -0.4 is 9.47 Å². The molecule has 0 aliphatic rings. The van der Waals surface area contributed by atoms with Crippen LogP contribution in [0.15, 0.2) is 48.5 Å². The van der Waals surface area contributed by atoms with Crippen molar-refractivity contribution in [2.45, 2.75) is 58.8 Å². The molecule has 2 aromatic rings. The summed E-state index contributed by atoms with van der Waals surface area (Å²) in [5.41, 5.74) is 2.67. The van der Waals surface area contributed by atoms with Crippen LogP contribution in [0.5, 0.6) is 11.5 Å². The molecule has 0 bridgehead atoms. The summed E-state index contributed by atoms with van der Waals surface area (Å²) in [7, 11) is 0. The van der Waals surface area contributed by atoms with E-state index in [1.807, 2.05) is 36.4 Å². The van der Waals surface area contributed by atoms with E-state index in [0.29, 0.717) is 25.2 Å². The summed E-state index contributed by atoms with van der Waals surface area (Å²) in [5.74, 6) is 1.21. The van der Waals surface area contributed by atoms with E-state index in [9.17, 15) is 4.79 Å². The van der Waals surface area contributed by atoms with Gasteiger partial charge in [0.1, 0.15) is 11.5 Å². The molecule has 0 amide bonds. The van der Waals surface area contributed by atoms with Gasteiger partial charge in [-0.2, -0.15) is 0 Å². The lowest BCUT2D eigenvalue weighted by molar-refractivity contribution is -0.134. The summed E-state index contributed by atoms with van der Waals surface area (Å²) in [4.78, 5) is 11.9. The van der Waals surface area contributed by atoms with Gasteiger partial charge in [-0.15, -0.1) is 0 Å². The third kappa shape index (κ3) is 6.55. The Hall–Kier alpha value is -2.29. The quantitative estimate of drug-likeness (QED) is 0.346. The fraction of sp³-hybridized carbons (Fsp3) is 0.435. The van der Waals surface area contributed by atoms with Gasteiger partial charge < -0.3 is 9.47 Å². The van der Waals surface area contributed by atoms with Gasteiger partial charge >= 0.3 is 5.97 Å². The molecule has 0 spiro atoms. The van der Waals surface area contributed by atoms with Crippen molar-refractivity contribution < 1.29 is 14.3 Å². The Labute approximate surface area is 157 Å². The summed E-state index contributed by atoms with van der Waals surface area (Å²) in [6.07, 6.45) is 3.13. The normalized spacial score (nSPS) is 11.2. The van der Waals surface area contributed by atoms with E-state index in [1.165, 1.54) is 11.1 Å². The van der Waals surface area contributed by atoms with E-state index < -0.39 is 0 Å². The second kappa shape index (κ2) is 9.42. The van der Waals surface area contributed by atoms with Crippen LogP contribution in [0.2, 0.25) is 0 Å². The molecule has 0 aromatic heterocycles. The maximum Gasteiger partial charge on any atom is 0.311 e. The Morgan fingerprint density at radius 3 is 2.12 bits per heavy atom. The number of carbonyl (C=O) groups excluding carboxylic acids is 1. The Morgan fingerprint density at radius 1 is 0.923 bits per heavy atom. The maximum absolute atomic E-state index is 11.9. The second-order valence-electron chi connectivity index (χ2n) is 7.59. The van der Waals surface area contributed by atoms with E-state index in [1.54, 1.807) is 0 Å². The summed E-state index contributed by atoms with van der Waals surface area (Å²) in [6, 6.07) is 15.9. The van der Waals surface area contributed by atoms with Gasteiger partial charge in [0.25, 0.3) is 0 Å². The molecule has 3 nitrogen and oxygen atoms in total. The molecule has 0 heterocycles. The average Bonchev–Trinajstić information content (AvgIpc) is 2.60. The van der Waals surface area contributed by atoms with E-state index in [2.05, 4.69) is 39.8 Å². The van der Waals surface area contributed by atoms with Gasteiger partial charge in [-0.1, -0.05) is 58.4 Å². The van der Waals surface area contributed by atoms with Crippen molar-refractivity contribution in [3.63, 3.8) is 0 Å². The van der Waals surface area contributed by atoms with Crippen LogP contribution in [-0.4, -0.2) is 12.6 Å². The summed E-state index contributed by atoms with van der Waals surface area (Å²) in [5, 5.41) is 0. The molecule has 2 aromatic carbocycles. The van der Waals surface area contributed by atoms with Crippen molar-refractivity contribution in [2.24, 2.45) is 0 Å². The van der Waals surface area contributed by atoms with Gasteiger partial charge in [0.2, 0.25) is 0 Å². The molecule has 0 aliphatic heterocycles. The van der Waals surface area contributed by atoms with E-state index in [-0.39, 0.29) is 11.4 Å². The number of aryl methyl sites for hydroxylation is 1. The molecule has 0 N–H and O–H groups in total. The third-order valence-electron chi connectivity index (χ3n) is 4.21. The fourth-order valence-corrected chi connectivity index (χ4v) is 2.65. The third-order valence-corrected chi connectivity index (χ3v) is 4.21. The minimum atomic E-state index is -0.222. The molecule has 0 saturated heterocycles. The van der Waals surface area contributed by atoms with Crippen molar-refractivity contribution in [2.75, 3.05) is 6.61 Å². The first kappa shape index (κ1) is 20.0.